The first-order valence-corrected chi connectivity index (χ1v) is 10.8. The first-order valence-electron chi connectivity index (χ1n) is 9.96. The maximum Gasteiger partial charge on any atom is 0.338 e. The largest absolute Gasteiger partial charge is 0.457 e. The van der Waals surface area contributed by atoms with E-state index in [0.717, 1.165) is 40.1 Å². The van der Waals surface area contributed by atoms with Gasteiger partial charge in [-0.25, -0.2) is 4.79 Å². The zero-order valence-corrected chi connectivity index (χ0v) is 16.6. The van der Waals surface area contributed by atoms with Gasteiger partial charge < -0.3 is 15.4 Å². The van der Waals surface area contributed by atoms with Crippen molar-refractivity contribution in [3.05, 3.63) is 46.3 Å². The number of carbonyl (C=O) groups is 2. The standard InChI is InChI=1S/C22H21N3O3S/c23-10-16(25-21(26)20-13-1-3-15(8-13)24-20)9-17-4-6-19(29-17)12-2-5-18-14(7-12)11-28-22(18)27/h2,4-7,13,15-16,20,24H,1,3,8-9,11H2,(H,25,26). The van der Waals surface area contributed by atoms with Crippen LogP contribution in [0.3, 0.4) is 0 Å². The smallest absolute Gasteiger partial charge is 0.338 e. The summed E-state index contributed by atoms with van der Waals surface area (Å²) in [6.45, 7) is 0.319. The summed E-state index contributed by atoms with van der Waals surface area (Å²) in [5.41, 5.74) is 2.57. The molecule has 1 aromatic heterocycles. The van der Waals surface area contributed by atoms with Gasteiger partial charge in [-0.3, -0.25) is 4.79 Å². The highest BCUT2D eigenvalue weighted by Crippen LogP contribution is 2.35. The minimum Gasteiger partial charge on any atom is -0.457 e. The van der Waals surface area contributed by atoms with Crippen LogP contribution in [0, 0.1) is 17.2 Å². The molecule has 4 unspecified atom stereocenters. The molecule has 1 saturated heterocycles. The van der Waals surface area contributed by atoms with Crippen LogP contribution in [-0.4, -0.2) is 30.0 Å². The molecule has 2 aliphatic heterocycles. The SMILES string of the molecule is N#CC(Cc1ccc(-c2ccc3c(c2)COC3=O)s1)NC(=O)C1NC2CCC1C2. The summed E-state index contributed by atoms with van der Waals surface area (Å²) in [4.78, 5) is 26.3. The molecule has 1 aliphatic carbocycles. The van der Waals surface area contributed by atoms with Gasteiger partial charge >= 0.3 is 5.97 Å². The molecule has 0 radical (unpaired) electrons. The Morgan fingerprint density at radius 2 is 2.24 bits per heavy atom. The molecule has 5 rings (SSSR count). The van der Waals surface area contributed by atoms with Crippen LogP contribution in [0.5, 0.6) is 0 Å². The van der Waals surface area contributed by atoms with E-state index in [4.69, 9.17) is 4.74 Å². The fourth-order valence-corrected chi connectivity index (χ4v) is 5.72. The zero-order chi connectivity index (χ0) is 20.0. The van der Waals surface area contributed by atoms with E-state index in [2.05, 4.69) is 16.7 Å². The highest BCUT2D eigenvalue weighted by atomic mass is 32.1. The summed E-state index contributed by atoms with van der Waals surface area (Å²) in [6, 6.07) is 11.7. The Morgan fingerprint density at radius 3 is 3.00 bits per heavy atom. The van der Waals surface area contributed by atoms with E-state index in [1.807, 2.05) is 24.3 Å². The number of fused-ring (bicyclic) bond motifs is 3. The quantitative estimate of drug-likeness (QED) is 0.744. The van der Waals surface area contributed by atoms with Gasteiger partial charge in [-0.05, 0) is 55.0 Å². The van der Waals surface area contributed by atoms with Gasteiger partial charge in [0.2, 0.25) is 5.91 Å². The van der Waals surface area contributed by atoms with Crippen molar-refractivity contribution in [2.75, 3.05) is 0 Å². The predicted molar refractivity (Wildman–Crippen MR) is 108 cm³/mol. The summed E-state index contributed by atoms with van der Waals surface area (Å²) in [5.74, 6) is 0.0863. The minimum absolute atomic E-state index is 0.0520. The lowest BCUT2D eigenvalue weighted by Gasteiger charge is -2.23. The van der Waals surface area contributed by atoms with Gasteiger partial charge in [-0.2, -0.15) is 5.26 Å². The number of thiophene rings is 1. The monoisotopic (exact) mass is 407 g/mol. The summed E-state index contributed by atoms with van der Waals surface area (Å²) >= 11 is 1.60. The predicted octanol–water partition coefficient (Wildman–Crippen LogP) is 2.78. The maximum absolute atomic E-state index is 12.6. The van der Waals surface area contributed by atoms with Crippen molar-refractivity contribution in [2.45, 2.75) is 50.4 Å². The van der Waals surface area contributed by atoms with Gasteiger partial charge in [0.05, 0.1) is 17.7 Å². The van der Waals surface area contributed by atoms with Crippen molar-refractivity contribution < 1.29 is 14.3 Å². The first-order chi connectivity index (χ1) is 14.1. The third kappa shape index (κ3) is 3.43. The molecule has 2 N–H and O–H groups in total. The summed E-state index contributed by atoms with van der Waals surface area (Å²) < 4.78 is 5.07. The molecule has 2 fully saturated rings. The molecule has 1 aromatic carbocycles. The van der Waals surface area contributed by atoms with Crippen LogP contribution in [0.2, 0.25) is 0 Å². The topological polar surface area (TPSA) is 91.2 Å². The highest BCUT2D eigenvalue weighted by molar-refractivity contribution is 7.15. The fraction of sp³-hybridized carbons (Fsp3) is 0.409. The van der Waals surface area contributed by atoms with E-state index in [9.17, 15) is 14.9 Å². The number of piperidine rings is 1. The number of benzene rings is 1. The lowest BCUT2D eigenvalue weighted by Crippen LogP contribution is -2.50. The first kappa shape index (κ1) is 18.3. The van der Waals surface area contributed by atoms with Gasteiger partial charge in [0, 0.05) is 27.8 Å². The summed E-state index contributed by atoms with van der Waals surface area (Å²) in [5, 5.41) is 15.8. The third-order valence-corrected chi connectivity index (χ3v) is 7.31. The van der Waals surface area contributed by atoms with Crippen LogP contribution in [0.25, 0.3) is 10.4 Å². The number of rotatable bonds is 5. The number of amides is 1. The van der Waals surface area contributed by atoms with E-state index in [-0.39, 0.29) is 17.9 Å². The Morgan fingerprint density at radius 1 is 1.34 bits per heavy atom. The number of nitrogens with one attached hydrogen (secondary N) is 2. The molecule has 7 heteroatoms. The van der Waals surface area contributed by atoms with Crippen LogP contribution in [0.15, 0.2) is 30.3 Å². The average molecular weight is 407 g/mol. The van der Waals surface area contributed by atoms with Gasteiger partial charge in [-0.1, -0.05) is 6.07 Å². The second-order valence-corrected chi connectivity index (χ2v) is 9.19. The molecule has 3 aliphatic rings. The summed E-state index contributed by atoms with van der Waals surface area (Å²) in [6.07, 6.45) is 3.80. The second-order valence-electron chi connectivity index (χ2n) is 8.02. The van der Waals surface area contributed by atoms with Gasteiger partial charge in [0.15, 0.2) is 0 Å². The number of cyclic esters (lactones) is 1. The van der Waals surface area contributed by atoms with E-state index in [0.29, 0.717) is 30.6 Å². The third-order valence-electron chi connectivity index (χ3n) is 6.15. The normalized spacial score (nSPS) is 25.3. The zero-order valence-electron chi connectivity index (χ0n) is 15.8. The molecule has 4 atom stereocenters. The van der Waals surface area contributed by atoms with Crippen LogP contribution in [0.1, 0.15) is 40.1 Å². The Labute approximate surface area is 172 Å². The van der Waals surface area contributed by atoms with E-state index in [1.54, 1.807) is 17.4 Å². The number of esters is 1. The van der Waals surface area contributed by atoms with Crippen LogP contribution in [-0.2, 0) is 22.6 Å². The van der Waals surface area contributed by atoms with Crippen molar-refractivity contribution in [3.63, 3.8) is 0 Å². The lowest BCUT2D eigenvalue weighted by atomic mass is 9.99. The summed E-state index contributed by atoms with van der Waals surface area (Å²) in [7, 11) is 0. The van der Waals surface area contributed by atoms with Crippen molar-refractivity contribution >= 4 is 23.2 Å². The number of nitrogens with zero attached hydrogens (tertiary/aromatic N) is 1. The molecule has 3 heterocycles. The van der Waals surface area contributed by atoms with Gasteiger partial charge in [0.1, 0.15) is 12.6 Å². The molecular formula is C22H21N3O3S. The van der Waals surface area contributed by atoms with Crippen molar-refractivity contribution in [1.29, 1.82) is 5.26 Å². The van der Waals surface area contributed by atoms with Crippen molar-refractivity contribution in [2.24, 2.45) is 5.92 Å². The fourth-order valence-electron chi connectivity index (χ4n) is 4.67. The number of nitriles is 1. The molecule has 1 amide bonds. The average Bonchev–Trinajstić information content (AvgIpc) is 3.52. The van der Waals surface area contributed by atoms with Gasteiger partial charge in [0.25, 0.3) is 0 Å². The second kappa shape index (κ2) is 7.29. The van der Waals surface area contributed by atoms with E-state index < -0.39 is 6.04 Å². The van der Waals surface area contributed by atoms with Crippen LogP contribution in [0.4, 0.5) is 0 Å². The molecule has 2 bridgehead atoms. The highest BCUT2D eigenvalue weighted by Gasteiger charge is 2.43. The molecular weight excluding hydrogens is 386 g/mol. The molecule has 2 aromatic rings. The van der Waals surface area contributed by atoms with Crippen molar-refractivity contribution in [1.82, 2.24) is 10.6 Å². The number of hydrogen-bond donors (Lipinski definition) is 2. The number of carbonyl (C=O) groups excluding carboxylic acids is 2. The Balaban J connectivity index is 1.25. The van der Waals surface area contributed by atoms with E-state index >= 15 is 0 Å². The van der Waals surface area contributed by atoms with Gasteiger partial charge in [-0.15, -0.1) is 11.3 Å². The molecule has 1 saturated carbocycles. The molecule has 6 nitrogen and oxygen atoms in total. The molecule has 0 spiro atoms. The van der Waals surface area contributed by atoms with Crippen molar-refractivity contribution in [3.8, 4) is 16.5 Å². The number of ether oxygens (including phenoxy) is 1. The Bertz CT molecular complexity index is 1020. The maximum atomic E-state index is 12.6. The Kier molecular flexibility index (Phi) is 4.61. The molecule has 29 heavy (non-hydrogen) atoms. The van der Waals surface area contributed by atoms with E-state index in [1.165, 1.54) is 0 Å². The van der Waals surface area contributed by atoms with Crippen LogP contribution >= 0.6 is 11.3 Å². The molecule has 148 valence electrons. The minimum atomic E-state index is -0.541. The lowest BCUT2D eigenvalue weighted by molar-refractivity contribution is -0.124. The number of hydrogen-bond acceptors (Lipinski definition) is 6. The van der Waals surface area contributed by atoms with Crippen LogP contribution < -0.4 is 10.6 Å². The Hall–Kier alpha value is -2.69.